The molecule has 1 fully saturated rings. The molecule has 1 heterocycles. The van der Waals surface area contributed by atoms with E-state index in [-0.39, 0.29) is 11.8 Å². The molecule has 0 unspecified atom stereocenters. The van der Waals surface area contributed by atoms with Crippen molar-refractivity contribution in [3.63, 3.8) is 0 Å². The maximum atomic E-state index is 12.5. The predicted molar refractivity (Wildman–Crippen MR) is 81.2 cm³/mol. The fraction of sp³-hybridized carbons (Fsp3) is 0.533. The third-order valence-electron chi connectivity index (χ3n) is 4.03. The van der Waals surface area contributed by atoms with E-state index in [1.165, 1.54) is 4.31 Å². The van der Waals surface area contributed by atoms with Crippen molar-refractivity contribution in [3.8, 4) is 0 Å². The highest BCUT2D eigenvalue weighted by atomic mass is 32.2. The molecule has 1 saturated heterocycles. The summed E-state index contributed by atoms with van der Waals surface area (Å²) in [5, 5.41) is 0. The Labute approximate surface area is 126 Å². The zero-order valence-electron chi connectivity index (χ0n) is 12.5. The van der Waals surface area contributed by atoms with Crippen LogP contribution < -0.4 is 0 Å². The molecule has 0 spiro atoms. The Balaban J connectivity index is 2.03. The standard InChI is InChI=1S/C15H22N2O3S/c1-3-16(2)15(18)13-9-11-17(12-10-13)21(19,20)14-7-5-4-6-8-14/h4-8,13H,3,9-12H2,1-2H3. The molecular formula is C15H22N2O3S. The van der Waals surface area contributed by atoms with Crippen LogP contribution in [0.25, 0.3) is 0 Å². The maximum absolute atomic E-state index is 12.5. The lowest BCUT2D eigenvalue weighted by Gasteiger charge is -2.32. The SMILES string of the molecule is CCN(C)C(=O)C1CCN(S(=O)(=O)c2ccccc2)CC1. The zero-order valence-corrected chi connectivity index (χ0v) is 13.3. The van der Waals surface area contributed by atoms with Crippen molar-refractivity contribution < 1.29 is 13.2 Å². The van der Waals surface area contributed by atoms with Gasteiger partial charge in [0.15, 0.2) is 0 Å². The smallest absolute Gasteiger partial charge is 0.243 e. The number of sulfonamides is 1. The molecule has 1 aromatic carbocycles. The van der Waals surface area contributed by atoms with Crippen LogP contribution in [-0.2, 0) is 14.8 Å². The number of nitrogens with zero attached hydrogens (tertiary/aromatic N) is 2. The zero-order chi connectivity index (χ0) is 15.5. The van der Waals surface area contributed by atoms with Crippen LogP contribution in [-0.4, -0.2) is 50.2 Å². The summed E-state index contributed by atoms with van der Waals surface area (Å²) in [4.78, 5) is 14.1. The van der Waals surface area contributed by atoms with Crippen molar-refractivity contribution in [2.24, 2.45) is 5.92 Å². The minimum absolute atomic E-state index is 0.0582. The molecule has 116 valence electrons. The molecule has 1 aliphatic heterocycles. The first-order valence-corrected chi connectivity index (χ1v) is 8.71. The van der Waals surface area contributed by atoms with E-state index in [1.807, 2.05) is 6.92 Å². The van der Waals surface area contributed by atoms with Gasteiger partial charge in [-0.3, -0.25) is 4.79 Å². The quantitative estimate of drug-likeness (QED) is 0.848. The fourth-order valence-corrected chi connectivity index (χ4v) is 4.04. The van der Waals surface area contributed by atoms with E-state index in [9.17, 15) is 13.2 Å². The van der Waals surface area contributed by atoms with Gasteiger partial charge in [0.1, 0.15) is 0 Å². The number of amides is 1. The second-order valence-corrected chi connectivity index (χ2v) is 7.28. The average molecular weight is 310 g/mol. The number of rotatable bonds is 4. The number of carbonyl (C=O) groups excluding carboxylic acids is 1. The largest absolute Gasteiger partial charge is 0.346 e. The van der Waals surface area contributed by atoms with Crippen molar-refractivity contribution in [2.45, 2.75) is 24.7 Å². The van der Waals surface area contributed by atoms with Crippen molar-refractivity contribution in [1.29, 1.82) is 0 Å². The normalized spacial score (nSPS) is 17.6. The highest BCUT2D eigenvalue weighted by Gasteiger charge is 2.32. The van der Waals surface area contributed by atoms with Crippen molar-refractivity contribution in [3.05, 3.63) is 30.3 Å². The summed E-state index contributed by atoms with van der Waals surface area (Å²) in [6.45, 7) is 3.44. The Morgan fingerprint density at radius 2 is 1.81 bits per heavy atom. The molecule has 21 heavy (non-hydrogen) atoms. The van der Waals surface area contributed by atoms with Crippen LogP contribution in [0.15, 0.2) is 35.2 Å². The van der Waals surface area contributed by atoms with Gasteiger partial charge < -0.3 is 4.90 Å². The highest BCUT2D eigenvalue weighted by Crippen LogP contribution is 2.24. The van der Waals surface area contributed by atoms with Crippen LogP contribution in [0.1, 0.15) is 19.8 Å². The first-order valence-electron chi connectivity index (χ1n) is 7.27. The van der Waals surface area contributed by atoms with E-state index in [1.54, 1.807) is 42.3 Å². The molecule has 0 aromatic heterocycles. The Bertz CT molecular complexity index is 578. The maximum Gasteiger partial charge on any atom is 0.243 e. The lowest BCUT2D eigenvalue weighted by molar-refractivity contribution is -0.135. The van der Waals surface area contributed by atoms with E-state index < -0.39 is 10.0 Å². The fourth-order valence-electron chi connectivity index (χ4n) is 2.55. The minimum atomic E-state index is -3.43. The van der Waals surface area contributed by atoms with Gasteiger partial charge in [0.2, 0.25) is 15.9 Å². The van der Waals surface area contributed by atoms with Gasteiger partial charge in [0.05, 0.1) is 4.90 Å². The van der Waals surface area contributed by atoms with Crippen LogP contribution in [0, 0.1) is 5.92 Å². The minimum Gasteiger partial charge on any atom is -0.346 e. The third-order valence-corrected chi connectivity index (χ3v) is 5.95. The van der Waals surface area contributed by atoms with Gasteiger partial charge >= 0.3 is 0 Å². The van der Waals surface area contributed by atoms with Gasteiger partial charge in [0, 0.05) is 32.6 Å². The Morgan fingerprint density at radius 3 is 2.33 bits per heavy atom. The summed E-state index contributed by atoms with van der Waals surface area (Å²) in [5.41, 5.74) is 0. The van der Waals surface area contributed by atoms with Gasteiger partial charge in [-0.2, -0.15) is 4.31 Å². The molecule has 0 N–H and O–H groups in total. The Hall–Kier alpha value is -1.40. The predicted octanol–water partition coefficient (Wildman–Crippen LogP) is 1.57. The Kier molecular flexibility index (Phi) is 5.00. The number of hydrogen-bond acceptors (Lipinski definition) is 3. The van der Waals surface area contributed by atoms with E-state index in [0.717, 1.165) is 0 Å². The summed E-state index contributed by atoms with van der Waals surface area (Å²) in [5.74, 6) is 0.0615. The summed E-state index contributed by atoms with van der Waals surface area (Å²) in [6, 6.07) is 8.46. The molecule has 0 radical (unpaired) electrons. The molecule has 0 saturated carbocycles. The van der Waals surface area contributed by atoms with Gasteiger partial charge in [-0.15, -0.1) is 0 Å². The molecule has 0 aliphatic carbocycles. The molecule has 6 heteroatoms. The summed E-state index contributed by atoms with van der Waals surface area (Å²) in [7, 11) is -1.64. The van der Waals surface area contributed by atoms with Crippen LogP contribution in [0.5, 0.6) is 0 Å². The van der Waals surface area contributed by atoms with Crippen LogP contribution in [0.2, 0.25) is 0 Å². The summed E-state index contributed by atoms with van der Waals surface area (Å²) in [6.07, 6.45) is 1.18. The summed E-state index contributed by atoms with van der Waals surface area (Å²) < 4.78 is 26.5. The van der Waals surface area contributed by atoms with Crippen molar-refractivity contribution in [2.75, 3.05) is 26.7 Å². The topological polar surface area (TPSA) is 57.7 Å². The molecule has 0 atom stereocenters. The molecular weight excluding hydrogens is 288 g/mol. The van der Waals surface area contributed by atoms with Crippen molar-refractivity contribution in [1.82, 2.24) is 9.21 Å². The van der Waals surface area contributed by atoms with Gasteiger partial charge in [0.25, 0.3) is 0 Å². The lowest BCUT2D eigenvalue weighted by atomic mass is 9.97. The molecule has 1 aliphatic rings. The highest BCUT2D eigenvalue weighted by molar-refractivity contribution is 7.89. The molecule has 1 amide bonds. The van der Waals surface area contributed by atoms with Crippen LogP contribution >= 0.6 is 0 Å². The second kappa shape index (κ2) is 6.58. The number of benzene rings is 1. The van der Waals surface area contributed by atoms with E-state index >= 15 is 0 Å². The third kappa shape index (κ3) is 3.44. The van der Waals surface area contributed by atoms with Gasteiger partial charge in [-0.05, 0) is 31.9 Å². The van der Waals surface area contributed by atoms with E-state index in [2.05, 4.69) is 0 Å². The first kappa shape index (κ1) is 16.0. The Morgan fingerprint density at radius 1 is 1.24 bits per heavy atom. The number of piperidine rings is 1. The first-order chi connectivity index (χ1) is 9.96. The summed E-state index contributed by atoms with van der Waals surface area (Å²) >= 11 is 0. The van der Waals surface area contributed by atoms with E-state index in [4.69, 9.17) is 0 Å². The molecule has 0 bridgehead atoms. The molecule has 5 nitrogen and oxygen atoms in total. The van der Waals surface area contributed by atoms with E-state index in [0.29, 0.717) is 37.4 Å². The lowest BCUT2D eigenvalue weighted by Crippen LogP contribution is -2.43. The van der Waals surface area contributed by atoms with Gasteiger partial charge in [-0.1, -0.05) is 18.2 Å². The number of carbonyl (C=O) groups is 1. The molecule has 2 rings (SSSR count). The van der Waals surface area contributed by atoms with Crippen LogP contribution in [0.4, 0.5) is 0 Å². The average Bonchev–Trinajstić information content (AvgIpc) is 2.54. The monoisotopic (exact) mass is 310 g/mol. The van der Waals surface area contributed by atoms with Gasteiger partial charge in [-0.25, -0.2) is 8.42 Å². The van der Waals surface area contributed by atoms with Crippen molar-refractivity contribution >= 4 is 15.9 Å². The molecule has 1 aromatic rings. The second-order valence-electron chi connectivity index (χ2n) is 5.34. The number of hydrogen-bond donors (Lipinski definition) is 0. The van der Waals surface area contributed by atoms with Crippen LogP contribution in [0.3, 0.4) is 0 Å².